The van der Waals surface area contributed by atoms with E-state index in [9.17, 15) is 5.02 Å². The van der Waals surface area contributed by atoms with Gasteiger partial charge in [0.05, 0.1) is 0 Å². The molecule has 0 aromatic carbocycles. The maximum atomic E-state index is 9.79. The fraction of sp³-hybridized carbons (Fsp3) is 1.00. The lowest BCUT2D eigenvalue weighted by Crippen LogP contribution is -2.31. The average Bonchev–Trinajstić information content (AvgIpc) is 2.12. The molecule has 0 fully saturated rings. The van der Waals surface area contributed by atoms with Gasteiger partial charge in [-0.3, -0.25) is 0 Å². The van der Waals surface area contributed by atoms with Crippen molar-refractivity contribution in [2.75, 3.05) is 6.61 Å². The summed E-state index contributed by atoms with van der Waals surface area (Å²) in [5.41, 5.74) is 0. The topological polar surface area (TPSA) is 29.5 Å². The van der Waals surface area contributed by atoms with E-state index in [-0.39, 0.29) is 5.31 Å². The Morgan fingerprint density at radius 3 is 2.29 bits per heavy atom. The van der Waals surface area contributed by atoms with Crippen LogP contribution in [0.2, 0.25) is 5.31 Å². The standard InChI is InChI=1S/C11H25BO2/c1-5-7-8-10-14-12(13)11(3,4)9-6-2/h13H,5-10H2,1-4H3. The van der Waals surface area contributed by atoms with Gasteiger partial charge in [-0.2, -0.15) is 0 Å². The smallest absolute Gasteiger partial charge is 0.427 e. The Kier molecular flexibility index (Phi) is 7.29. The third-order valence-electron chi connectivity index (χ3n) is 2.59. The Hall–Kier alpha value is -0.0151. The van der Waals surface area contributed by atoms with Crippen LogP contribution in [0.5, 0.6) is 0 Å². The van der Waals surface area contributed by atoms with E-state index in [1.807, 2.05) is 0 Å². The lowest BCUT2D eigenvalue weighted by Gasteiger charge is -2.25. The molecular formula is C11H25BO2. The van der Waals surface area contributed by atoms with Crippen LogP contribution in [0.1, 0.15) is 59.8 Å². The zero-order valence-electron chi connectivity index (χ0n) is 10.2. The molecule has 0 aliphatic carbocycles. The van der Waals surface area contributed by atoms with Gasteiger partial charge < -0.3 is 9.68 Å². The molecule has 0 aromatic heterocycles. The van der Waals surface area contributed by atoms with Gasteiger partial charge in [-0.1, -0.05) is 47.0 Å². The Balaban J connectivity index is 3.65. The fourth-order valence-electron chi connectivity index (χ4n) is 1.54. The minimum Gasteiger partial charge on any atom is -0.427 e. The minimum absolute atomic E-state index is 0.110. The first kappa shape index (κ1) is 14.0. The monoisotopic (exact) mass is 200 g/mol. The first-order valence-corrected chi connectivity index (χ1v) is 5.84. The third-order valence-corrected chi connectivity index (χ3v) is 2.59. The quantitative estimate of drug-likeness (QED) is 0.481. The number of hydrogen-bond donors (Lipinski definition) is 1. The molecule has 0 aliphatic rings. The van der Waals surface area contributed by atoms with Crippen molar-refractivity contribution in [1.29, 1.82) is 0 Å². The summed E-state index contributed by atoms with van der Waals surface area (Å²) in [6, 6.07) is 0. The molecule has 3 heteroatoms. The van der Waals surface area contributed by atoms with E-state index in [0.717, 1.165) is 19.3 Å². The van der Waals surface area contributed by atoms with Crippen molar-refractivity contribution in [1.82, 2.24) is 0 Å². The number of hydrogen-bond acceptors (Lipinski definition) is 2. The van der Waals surface area contributed by atoms with E-state index in [2.05, 4.69) is 27.7 Å². The largest absolute Gasteiger partial charge is 0.460 e. The molecule has 1 N–H and O–H groups in total. The normalized spacial score (nSPS) is 11.8. The van der Waals surface area contributed by atoms with Crippen LogP contribution in [0.15, 0.2) is 0 Å². The molecule has 0 aromatic rings. The number of rotatable bonds is 8. The van der Waals surface area contributed by atoms with Crippen LogP contribution < -0.4 is 0 Å². The zero-order chi connectivity index (χ0) is 11.0. The highest BCUT2D eigenvalue weighted by Crippen LogP contribution is 2.33. The van der Waals surface area contributed by atoms with Gasteiger partial charge in [0.2, 0.25) is 0 Å². The van der Waals surface area contributed by atoms with Gasteiger partial charge in [0, 0.05) is 6.61 Å². The van der Waals surface area contributed by atoms with Gasteiger partial charge in [0.25, 0.3) is 0 Å². The van der Waals surface area contributed by atoms with Gasteiger partial charge in [-0.15, -0.1) is 0 Å². The molecule has 0 radical (unpaired) electrons. The molecule has 0 aliphatic heterocycles. The highest BCUT2D eigenvalue weighted by molar-refractivity contribution is 6.46. The van der Waals surface area contributed by atoms with Crippen molar-refractivity contribution in [2.45, 2.75) is 65.1 Å². The lowest BCUT2D eigenvalue weighted by molar-refractivity contribution is 0.224. The summed E-state index contributed by atoms with van der Waals surface area (Å²) >= 11 is 0. The van der Waals surface area contributed by atoms with E-state index in [1.54, 1.807) is 0 Å². The zero-order valence-corrected chi connectivity index (χ0v) is 10.2. The molecule has 0 rings (SSSR count). The van der Waals surface area contributed by atoms with Crippen molar-refractivity contribution in [2.24, 2.45) is 0 Å². The SMILES string of the molecule is CCCCCOB(O)C(C)(C)CCC. The van der Waals surface area contributed by atoms with Crippen molar-refractivity contribution in [3.05, 3.63) is 0 Å². The van der Waals surface area contributed by atoms with E-state index >= 15 is 0 Å². The third kappa shape index (κ3) is 5.66. The van der Waals surface area contributed by atoms with Gasteiger partial charge in [-0.05, 0) is 18.2 Å². The van der Waals surface area contributed by atoms with E-state index < -0.39 is 7.12 Å². The first-order chi connectivity index (χ1) is 6.54. The van der Waals surface area contributed by atoms with Crippen LogP contribution in [-0.2, 0) is 4.65 Å². The van der Waals surface area contributed by atoms with E-state index in [4.69, 9.17) is 4.65 Å². The van der Waals surface area contributed by atoms with Crippen LogP contribution in [-0.4, -0.2) is 18.7 Å². The Morgan fingerprint density at radius 1 is 1.14 bits per heavy atom. The first-order valence-electron chi connectivity index (χ1n) is 5.84. The van der Waals surface area contributed by atoms with Gasteiger partial charge in [0.1, 0.15) is 0 Å². The highest BCUT2D eigenvalue weighted by atomic mass is 16.5. The lowest BCUT2D eigenvalue weighted by atomic mass is 9.58. The molecular weight excluding hydrogens is 175 g/mol. The molecule has 0 atom stereocenters. The molecule has 84 valence electrons. The van der Waals surface area contributed by atoms with Crippen molar-refractivity contribution < 1.29 is 9.68 Å². The highest BCUT2D eigenvalue weighted by Gasteiger charge is 2.33. The fourth-order valence-corrected chi connectivity index (χ4v) is 1.54. The second-order valence-corrected chi connectivity index (χ2v) is 4.67. The van der Waals surface area contributed by atoms with Crippen LogP contribution in [0, 0.1) is 0 Å². The van der Waals surface area contributed by atoms with Crippen LogP contribution in [0.4, 0.5) is 0 Å². The molecule has 0 saturated heterocycles. The summed E-state index contributed by atoms with van der Waals surface area (Å²) in [6.07, 6.45) is 5.51. The van der Waals surface area contributed by atoms with Crippen LogP contribution in [0.3, 0.4) is 0 Å². The molecule has 0 heterocycles. The van der Waals surface area contributed by atoms with Crippen molar-refractivity contribution in [3.8, 4) is 0 Å². The second-order valence-electron chi connectivity index (χ2n) is 4.67. The molecule has 0 bridgehead atoms. The maximum Gasteiger partial charge on any atom is 0.460 e. The van der Waals surface area contributed by atoms with Crippen molar-refractivity contribution >= 4 is 7.12 Å². The summed E-state index contributed by atoms with van der Waals surface area (Å²) in [5.74, 6) is 0. The van der Waals surface area contributed by atoms with Crippen LogP contribution >= 0.6 is 0 Å². The molecule has 0 spiro atoms. The van der Waals surface area contributed by atoms with Crippen molar-refractivity contribution in [3.63, 3.8) is 0 Å². The minimum atomic E-state index is -0.612. The summed E-state index contributed by atoms with van der Waals surface area (Å²) in [4.78, 5) is 0. The summed E-state index contributed by atoms with van der Waals surface area (Å²) in [5, 5.41) is 9.68. The van der Waals surface area contributed by atoms with Gasteiger partial charge >= 0.3 is 7.12 Å². The molecule has 2 nitrogen and oxygen atoms in total. The second kappa shape index (κ2) is 7.30. The molecule has 0 saturated carbocycles. The van der Waals surface area contributed by atoms with Crippen LogP contribution in [0.25, 0.3) is 0 Å². The summed E-state index contributed by atoms with van der Waals surface area (Å²) < 4.78 is 5.42. The van der Waals surface area contributed by atoms with E-state index in [1.165, 1.54) is 12.8 Å². The summed E-state index contributed by atoms with van der Waals surface area (Å²) in [7, 11) is -0.612. The average molecular weight is 200 g/mol. The van der Waals surface area contributed by atoms with E-state index in [0.29, 0.717) is 6.61 Å². The Bertz CT molecular complexity index is 137. The summed E-state index contributed by atoms with van der Waals surface area (Å²) in [6.45, 7) is 9.09. The molecule has 0 unspecified atom stereocenters. The molecule has 14 heavy (non-hydrogen) atoms. The maximum absolute atomic E-state index is 9.79. The number of unbranched alkanes of at least 4 members (excludes halogenated alkanes) is 2. The Morgan fingerprint density at radius 2 is 1.79 bits per heavy atom. The molecule has 0 amide bonds. The Labute approximate surface area is 89.2 Å². The van der Waals surface area contributed by atoms with Gasteiger partial charge in [0.15, 0.2) is 0 Å². The van der Waals surface area contributed by atoms with Gasteiger partial charge in [-0.25, -0.2) is 0 Å². The predicted octanol–water partition coefficient (Wildman–Crippen LogP) is 3.25. The predicted molar refractivity (Wildman–Crippen MR) is 62.4 cm³/mol.